The molecule has 1 rings (SSSR count). The van der Waals surface area contributed by atoms with Gasteiger partial charge in [-0.1, -0.05) is 35.4 Å². The minimum atomic E-state index is 0.461. The van der Waals surface area contributed by atoms with Crippen LogP contribution >= 0.6 is 35.4 Å². The zero-order valence-corrected chi connectivity index (χ0v) is 12.4. The Morgan fingerprint density at radius 3 is 2.78 bits per heavy atom. The van der Waals surface area contributed by atoms with Gasteiger partial charge < -0.3 is 15.4 Å². The molecule has 1 heterocycles. The number of methoxy groups -OCH3 is 1. The summed E-state index contributed by atoms with van der Waals surface area (Å²) in [7, 11) is 1.64. The van der Waals surface area contributed by atoms with E-state index in [1.165, 1.54) is 0 Å². The van der Waals surface area contributed by atoms with Crippen LogP contribution in [0.5, 0.6) is 0 Å². The number of ether oxygens (including phenoxy) is 1. The molecule has 0 amide bonds. The number of aromatic nitrogens is 1. The first-order valence-electron chi connectivity index (χ1n) is 5.38. The van der Waals surface area contributed by atoms with Crippen LogP contribution in [0.3, 0.4) is 0 Å². The minimum Gasteiger partial charge on any atom is -0.393 e. The molecule has 0 aliphatic heterocycles. The first-order valence-corrected chi connectivity index (χ1v) is 6.54. The van der Waals surface area contributed by atoms with Crippen LogP contribution in [0.2, 0.25) is 10.0 Å². The molecule has 1 aromatic heterocycles. The Morgan fingerprint density at radius 2 is 2.22 bits per heavy atom. The van der Waals surface area contributed by atoms with E-state index in [-0.39, 0.29) is 0 Å². The topological polar surface area (TPSA) is 51.4 Å². The van der Waals surface area contributed by atoms with Crippen molar-refractivity contribution >= 4 is 46.2 Å². The maximum absolute atomic E-state index is 6.12. The maximum Gasteiger partial charge on any atom is 0.147 e. The van der Waals surface area contributed by atoms with Crippen LogP contribution in [0.15, 0.2) is 12.3 Å². The van der Waals surface area contributed by atoms with Crippen molar-refractivity contribution in [2.24, 2.45) is 5.73 Å². The normalized spacial score (nSPS) is 10.4. The van der Waals surface area contributed by atoms with Crippen molar-refractivity contribution in [3.05, 3.63) is 22.3 Å². The third-order valence-electron chi connectivity index (χ3n) is 2.28. The van der Waals surface area contributed by atoms with Crippen LogP contribution in [0, 0.1) is 0 Å². The van der Waals surface area contributed by atoms with Crippen LogP contribution in [0.1, 0.15) is 6.42 Å². The lowest BCUT2D eigenvalue weighted by atomic mass is 10.3. The number of rotatable bonds is 7. The molecular formula is C11H15Cl2N3OS. The molecule has 100 valence electrons. The number of pyridine rings is 1. The first kappa shape index (κ1) is 15.4. The molecular weight excluding hydrogens is 293 g/mol. The summed E-state index contributed by atoms with van der Waals surface area (Å²) in [6, 6.07) is 1.66. The van der Waals surface area contributed by atoms with Gasteiger partial charge in [0.15, 0.2) is 0 Å². The average Bonchev–Trinajstić information content (AvgIpc) is 2.30. The molecule has 4 nitrogen and oxygen atoms in total. The summed E-state index contributed by atoms with van der Waals surface area (Å²) in [5, 5.41) is 1.01. The second-order valence-electron chi connectivity index (χ2n) is 3.66. The summed E-state index contributed by atoms with van der Waals surface area (Å²) in [6.07, 6.45) is 2.16. The van der Waals surface area contributed by atoms with Gasteiger partial charge in [0.2, 0.25) is 0 Å². The first-order chi connectivity index (χ1) is 8.54. The van der Waals surface area contributed by atoms with E-state index in [1.54, 1.807) is 19.4 Å². The second-order valence-corrected chi connectivity index (χ2v) is 5.02. The molecule has 1 aromatic rings. The zero-order chi connectivity index (χ0) is 13.5. The third kappa shape index (κ3) is 4.94. The van der Waals surface area contributed by atoms with Crippen molar-refractivity contribution in [1.82, 2.24) is 4.98 Å². The Labute approximate surface area is 122 Å². The quantitative estimate of drug-likeness (QED) is 0.784. The molecule has 0 bridgehead atoms. The van der Waals surface area contributed by atoms with Gasteiger partial charge in [0.05, 0.1) is 21.6 Å². The lowest BCUT2D eigenvalue weighted by Gasteiger charge is -2.24. The van der Waals surface area contributed by atoms with E-state index in [1.807, 2.05) is 4.90 Å². The molecule has 0 aromatic carbocycles. The molecule has 0 saturated carbocycles. The SMILES string of the molecule is COCCN(CCC(N)=S)c1ncc(Cl)cc1Cl. The monoisotopic (exact) mass is 307 g/mol. The highest BCUT2D eigenvalue weighted by atomic mass is 35.5. The molecule has 7 heteroatoms. The molecule has 18 heavy (non-hydrogen) atoms. The molecule has 0 unspecified atom stereocenters. The number of nitrogens with zero attached hydrogens (tertiary/aromatic N) is 2. The van der Waals surface area contributed by atoms with Crippen molar-refractivity contribution in [1.29, 1.82) is 0 Å². The zero-order valence-electron chi connectivity index (χ0n) is 10.0. The molecule has 0 aliphatic rings. The summed E-state index contributed by atoms with van der Waals surface area (Å²) in [5.74, 6) is 0.661. The van der Waals surface area contributed by atoms with Crippen molar-refractivity contribution in [3.8, 4) is 0 Å². The summed E-state index contributed by atoms with van der Waals surface area (Å²) in [5.41, 5.74) is 5.51. The summed E-state index contributed by atoms with van der Waals surface area (Å²) >= 11 is 16.8. The van der Waals surface area contributed by atoms with E-state index in [2.05, 4.69) is 4.98 Å². The lowest BCUT2D eigenvalue weighted by Crippen LogP contribution is -2.31. The van der Waals surface area contributed by atoms with Crippen LogP contribution < -0.4 is 10.6 Å². The predicted octanol–water partition coefficient (Wildman–Crippen LogP) is 2.52. The largest absolute Gasteiger partial charge is 0.393 e. The number of hydrogen-bond donors (Lipinski definition) is 1. The molecule has 2 N–H and O–H groups in total. The minimum absolute atomic E-state index is 0.461. The Hall–Kier alpha value is -0.620. The smallest absolute Gasteiger partial charge is 0.147 e. The van der Waals surface area contributed by atoms with Gasteiger partial charge in [0, 0.05) is 32.8 Å². The highest BCUT2D eigenvalue weighted by molar-refractivity contribution is 7.80. The number of thiocarbonyl (C=S) groups is 1. The van der Waals surface area contributed by atoms with Gasteiger partial charge in [0.25, 0.3) is 0 Å². The van der Waals surface area contributed by atoms with Gasteiger partial charge in [-0.15, -0.1) is 0 Å². The average molecular weight is 308 g/mol. The molecule has 0 fully saturated rings. The molecule has 0 spiro atoms. The predicted molar refractivity (Wildman–Crippen MR) is 79.7 cm³/mol. The van der Waals surface area contributed by atoms with Crippen LogP contribution in [0.25, 0.3) is 0 Å². The van der Waals surface area contributed by atoms with Crippen LogP contribution in [-0.2, 0) is 4.74 Å². The Morgan fingerprint density at radius 1 is 1.50 bits per heavy atom. The Balaban J connectivity index is 2.82. The van der Waals surface area contributed by atoms with E-state index in [0.29, 0.717) is 47.0 Å². The van der Waals surface area contributed by atoms with Gasteiger partial charge in [0.1, 0.15) is 5.82 Å². The summed E-state index contributed by atoms with van der Waals surface area (Å²) in [4.78, 5) is 6.67. The van der Waals surface area contributed by atoms with E-state index in [9.17, 15) is 0 Å². The van der Waals surface area contributed by atoms with Gasteiger partial charge in [-0.3, -0.25) is 0 Å². The number of hydrogen-bond acceptors (Lipinski definition) is 4. The van der Waals surface area contributed by atoms with Crippen LogP contribution in [-0.4, -0.2) is 36.8 Å². The Bertz CT molecular complexity index is 417. The fraction of sp³-hybridized carbons (Fsp3) is 0.455. The van der Waals surface area contributed by atoms with E-state index in [4.69, 9.17) is 45.9 Å². The fourth-order valence-corrected chi connectivity index (χ4v) is 2.00. The van der Waals surface area contributed by atoms with E-state index in [0.717, 1.165) is 0 Å². The van der Waals surface area contributed by atoms with E-state index >= 15 is 0 Å². The number of anilines is 1. The maximum atomic E-state index is 6.12. The molecule has 0 atom stereocenters. The highest BCUT2D eigenvalue weighted by Gasteiger charge is 2.12. The van der Waals surface area contributed by atoms with Crippen molar-refractivity contribution in [2.75, 3.05) is 31.7 Å². The van der Waals surface area contributed by atoms with E-state index < -0.39 is 0 Å². The van der Waals surface area contributed by atoms with Gasteiger partial charge in [-0.2, -0.15) is 0 Å². The van der Waals surface area contributed by atoms with Gasteiger partial charge in [-0.05, 0) is 6.07 Å². The summed E-state index contributed by atoms with van der Waals surface area (Å²) < 4.78 is 5.06. The molecule has 0 aliphatic carbocycles. The standard InChI is InChI=1S/C11H15Cl2N3OS/c1-17-5-4-16(3-2-10(14)18)11-9(13)6-8(12)7-15-11/h6-7H,2-5H2,1H3,(H2,14,18). The number of nitrogens with two attached hydrogens (primary N) is 1. The molecule has 0 saturated heterocycles. The van der Waals surface area contributed by atoms with Crippen LogP contribution in [0.4, 0.5) is 5.82 Å². The Kier molecular flexibility index (Phi) is 6.63. The van der Waals surface area contributed by atoms with Gasteiger partial charge in [-0.25, -0.2) is 4.98 Å². The lowest BCUT2D eigenvalue weighted by molar-refractivity contribution is 0.205. The van der Waals surface area contributed by atoms with Crippen molar-refractivity contribution < 1.29 is 4.74 Å². The highest BCUT2D eigenvalue weighted by Crippen LogP contribution is 2.26. The summed E-state index contributed by atoms with van der Waals surface area (Å²) in [6.45, 7) is 1.87. The van der Waals surface area contributed by atoms with Gasteiger partial charge >= 0.3 is 0 Å². The second kappa shape index (κ2) is 7.74. The fourth-order valence-electron chi connectivity index (χ4n) is 1.41. The van der Waals surface area contributed by atoms with Crippen molar-refractivity contribution in [3.63, 3.8) is 0 Å². The molecule has 0 radical (unpaired) electrons. The van der Waals surface area contributed by atoms with Crippen molar-refractivity contribution in [2.45, 2.75) is 6.42 Å². The number of halogens is 2. The third-order valence-corrected chi connectivity index (χ3v) is 2.97.